The molecule has 0 aliphatic carbocycles. The van der Waals surface area contributed by atoms with Crippen LogP contribution in [0.1, 0.15) is 24.0 Å². The molecule has 180 valence electrons. The van der Waals surface area contributed by atoms with E-state index in [0.29, 0.717) is 22.3 Å². The average molecular weight is 510 g/mol. The van der Waals surface area contributed by atoms with Gasteiger partial charge in [-0.05, 0) is 67.4 Å². The number of amides is 2. The van der Waals surface area contributed by atoms with Gasteiger partial charge >= 0.3 is 6.03 Å². The fourth-order valence-electron chi connectivity index (χ4n) is 5.10. The van der Waals surface area contributed by atoms with Crippen LogP contribution >= 0.6 is 23.2 Å². The molecule has 2 aliphatic rings. The Hall–Kier alpha value is -2.86. The van der Waals surface area contributed by atoms with Crippen molar-refractivity contribution in [1.82, 2.24) is 4.90 Å². The van der Waals surface area contributed by atoms with E-state index in [-0.39, 0.29) is 17.3 Å². The highest BCUT2D eigenvalue weighted by Crippen LogP contribution is 2.47. The lowest BCUT2D eigenvalue weighted by Gasteiger charge is -2.39. The van der Waals surface area contributed by atoms with Crippen molar-refractivity contribution in [1.29, 1.82) is 0 Å². The van der Waals surface area contributed by atoms with Gasteiger partial charge in [-0.2, -0.15) is 0 Å². The van der Waals surface area contributed by atoms with Crippen molar-refractivity contribution in [3.8, 4) is 0 Å². The van der Waals surface area contributed by atoms with Gasteiger partial charge < -0.3 is 5.32 Å². The van der Waals surface area contributed by atoms with Crippen LogP contribution < -0.4 is 10.2 Å². The highest BCUT2D eigenvalue weighted by molar-refractivity contribution is 6.44. The van der Waals surface area contributed by atoms with Crippen molar-refractivity contribution in [2.24, 2.45) is 0 Å². The summed E-state index contributed by atoms with van der Waals surface area (Å²) in [7, 11) is 0. The number of urea groups is 1. The van der Waals surface area contributed by atoms with Gasteiger partial charge in [0, 0.05) is 24.2 Å². The Kier molecular flexibility index (Phi) is 6.83. The third-order valence-corrected chi connectivity index (χ3v) is 7.83. The first-order chi connectivity index (χ1) is 16.9. The van der Waals surface area contributed by atoms with Crippen LogP contribution in [0.25, 0.3) is 6.08 Å². The summed E-state index contributed by atoms with van der Waals surface area (Å²) < 4.78 is 14.3. The molecule has 35 heavy (non-hydrogen) atoms. The summed E-state index contributed by atoms with van der Waals surface area (Å²) in [4.78, 5) is 17.4. The van der Waals surface area contributed by atoms with Gasteiger partial charge in [0.2, 0.25) is 0 Å². The van der Waals surface area contributed by atoms with Crippen LogP contribution in [0.3, 0.4) is 0 Å². The molecule has 3 aromatic carbocycles. The van der Waals surface area contributed by atoms with Crippen molar-refractivity contribution in [3.63, 3.8) is 0 Å². The number of nitrogens with zero attached hydrogens (tertiary/aromatic N) is 2. The van der Waals surface area contributed by atoms with Gasteiger partial charge in [0.25, 0.3) is 0 Å². The number of carbonyl (C=O) groups excluding carboxylic acids is 1. The smallest absolute Gasteiger partial charge is 0.306 e. The van der Waals surface area contributed by atoms with Crippen molar-refractivity contribution >= 4 is 46.7 Å². The van der Waals surface area contributed by atoms with E-state index in [1.807, 2.05) is 18.2 Å². The first-order valence-corrected chi connectivity index (χ1v) is 12.5. The second-order valence-electron chi connectivity index (χ2n) is 9.17. The lowest BCUT2D eigenvalue weighted by Crippen LogP contribution is -2.46. The maximum absolute atomic E-state index is 14.3. The van der Waals surface area contributed by atoms with E-state index >= 15 is 0 Å². The quantitative estimate of drug-likeness (QED) is 0.402. The number of fused-ring (bicyclic) bond motifs is 2. The van der Waals surface area contributed by atoms with Gasteiger partial charge in [-0.25, -0.2) is 9.18 Å². The van der Waals surface area contributed by atoms with Crippen LogP contribution in [0.5, 0.6) is 0 Å². The van der Waals surface area contributed by atoms with Crippen LogP contribution in [-0.4, -0.2) is 37.1 Å². The normalized spacial score (nSPS) is 17.2. The molecule has 0 atom stereocenters. The number of anilines is 2. The molecule has 1 fully saturated rings. The summed E-state index contributed by atoms with van der Waals surface area (Å²) >= 11 is 12.4. The van der Waals surface area contributed by atoms with Crippen LogP contribution in [0, 0.1) is 5.82 Å². The molecule has 5 rings (SSSR count). The second-order valence-corrected chi connectivity index (χ2v) is 9.96. The number of halogens is 3. The third kappa shape index (κ3) is 4.94. The van der Waals surface area contributed by atoms with E-state index in [2.05, 4.69) is 34.5 Å². The van der Waals surface area contributed by atoms with E-state index in [4.69, 9.17) is 23.2 Å². The van der Waals surface area contributed by atoms with Crippen molar-refractivity contribution in [3.05, 3.63) is 99.8 Å². The fourth-order valence-corrected chi connectivity index (χ4v) is 5.45. The molecule has 0 aromatic heterocycles. The van der Waals surface area contributed by atoms with Crippen LogP contribution in [0.2, 0.25) is 10.0 Å². The number of piperidine rings is 1. The molecule has 0 saturated carbocycles. The van der Waals surface area contributed by atoms with E-state index in [1.165, 1.54) is 11.6 Å². The molecule has 0 bridgehead atoms. The standard InChI is InChI=1S/C28H26Cl2FN3O/c29-23-9-4-10-24(26(23)30)32-27(35)34-19-28(22-18-21(31)11-12-25(22)34)13-16-33(17-14-28)15-5-8-20-6-2-1-3-7-20/h1-12,18H,13-17,19H2,(H,32,35). The number of benzene rings is 3. The number of rotatable bonds is 4. The minimum absolute atomic E-state index is 0.271. The van der Waals surface area contributed by atoms with Gasteiger partial charge in [0.05, 0.1) is 15.7 Å². The summed E-state index contributed by atoms with van der Waals surface area (Å²) in [6.45, 7) is 3.12. The third-order valence-electron chi connectivity index (χ3n) is 7.01. The summed E-state index contributed by atoms with van der Waals surface area (Å²) in [6, 6.07) is 19.8. The first-order valence-electron chi connectivity index (χ1n) is 11.7. The number of nitrogens with one attached hydrogen (secondary N) is 1. The van der Waals surface area contributed by atoms with Gasteiger partial charge in [0.1, 0.15) is 5.82 Å². The molecule has 2 aliphatic heterocycles. The number of hydrogen-bond acceptors (Lipinski definition) is 2. The minimum Gasteiger partial charge on any atom is -0.306 e. The molecule has 1 N–H and O–H groups in total. The van der Waals surface area contributed by atoms with Crippen molar-refractivity contribution in [2.45, 2.75) is 18.3 Å². The Morgan fingerprint density at radius 1 is 1.03 bits per heavy atom. The van der Waals surface area contributed by atoms with E-state index in [9.17, 15) is 9.18 Å². The SMILES string of the molecule is O=C(Nc1cccc(Cl)c1Cl)N1CC2(CCN(CC=Cc3ccccc3)CC2)c2cc(F)ccc21. The predicted molar refractivity (Wildman–Crippen MR) is 142 cm³/mol. The van der Waals surface area contributed by atoms with E-state index in [1.54, 1.807) is 35.2 Å². The van der Waals surface area contributed by atoms with Crippen LogP contribution in [0.15, 0.2) is 72.8 Å². The number of likely N-dealkylation sites (tertiary alicyclic amines) is 1. The zero-order valence-electron chi connectivity index (χ0n) is 19.2. The van der Waals surface area contributed by atoms with E-state index < -0.39 is 0 Å². The highest BCUT2D eigenvalue weighted by Gasteiger charge is 2.46. The Morgan fingerprint density at radius 3 is 2.57 bits per heavy atom. The maximum Gasteiger partial charge on any atom is 0.326 e. The van der Waals surface area contributed by atoms with Crippen LogP contribution in [-0.2, 0) is 5.41 Å². The number of carbonyl (C=O) groups is 1. The van der Waals surface area contributed by atoms with Crippen molar-refractivity contribution < 1.29 is 9.18 Å². The molecule has 2 heterocycles. The van der Waals surface area contributed by atoms with Gasteiger partial charge in [0.15, 0.2) is 0 Å². The topological polar surface area (TPSA) is 35.6 Å². The zero-order valence-corrected chi connectivity index (χ0v) is 20.7. The maximum atomic E-state index is 14.3. The predicted octanol–water partition coefficient (Wildman–Crippen LogP) is 7.23. The van der Waals surface area contributed by atoms with E-state index in [0.717, 1.165) is 43.7 Å². The van der Waals surface area contributed by atoms with Gasteiger partial charge in [-0.15, -0.1) is 0 Å². The fraction of sp³-hybridized carbons (Fsp3) is 0.250. The monoisotopic (exact) mass is 509 g/mol. The molecular formula is C28H26Cl2FN3O. The molecule has 1 spiro atoms. The van der Waals surface area contributed by atoms with Crippen molar-refractivity contribution in [2.75, 3.05) is 36.4 Å². The summed E-state index contributed by atoms with van der Waals surface area (Å²) in [5, 5.41) is 3.55. The minimum atomic E-state index is -0.299. The number of hydrogen-bond donors (Lipinski definition) is 1. The molecule has 2 amide bonds. The molecule has 1 saturated heterocycles. The molecule has 0 unspecified atom stereocenters. The molecule has 3 aromatic rings. The Bertz CT molecular complexity index is 1260. The molecular weight excluding hydrogens is 484 g/mol. The Labute approximate surface area is 214 Å². The van der Waals surface area contributed by atoms with Crippen LogP contribution in [0.4, 0.5) is 20.6 Å². The molecule has 7 heteroatoms. The summed E-state index contributed by atoms with van der Waals surface area (Å²) in [6.07, 6.45) is 6.02. The lowest BCUT2D eigenvalue weighted by molar-refractivity contribution is 0.180. The molecule has 0 radical (unpaired) electrons. The summed E-state index contributed by atoms with van der Waals surface area (Å²) in [5.74, 6) is -0.281. The average Bonchev–Trinajstić information content (AvgIpc) is 3.17. The second kappa shape index (κ2) is 10.0. The first kappa shape index (κ1) is 23.9. The highest BCUT2D eigenvalue weighted by atomic mass is 35.5. The van der Waals surface area contributed by atoms with Gasteiger partial charge in [-0.1, -0.05) is 71.8 Å². The van der Waals surface area contributed by atoms with Gasteiger partial charge in [-0.3, -0.25) is 9.80 Å². The largest absolute Gasteiger partial charge is 0.326 e. The zero-order chi connectivity index (χ0) is 24.4. The Morgan fingerprint density at radius 2 is 1.80 bits per heavy atom. The molecule has 4 nitrogen and oxygen atoms in total. The lowest BCUT2D eigenvalue weighted by atomic mass is 9.74. The summed E-state index contributed by atoms with van der Waals surface area (Å²) in [5.41, 5.74) is 3.02. The Balaban J connectivity index is 1.31.